The van der Waals surface area contributed by atoms with E-state index in [2.05, 4.69) is 4.98 Å². The molecule has 1 atom stereocenters. The molecule has 0 radical (unpaired) electrons. The predicted octanol–water partition coefficient (Wildman–Crippen LogP) is 1.36. The molecule has 0 bridgehead atoms. The van der Waals surface area contributed by atoms with Crippen LogP contribution in [-0.2, 0) is 4.79 Å². The predicted molar refractivity (Wildman–Crippen MR) is 61.2 cm³/mol. The Bertz CT molecular complexity index is 520. The van der Waals surface area contributed by atoms with Gasteiger partial charge in [0.2, 0.25) is 0 Å². The first kappa shape index (κ1) is 10.6. The third kappa shape index (κ3) is 1.75. The number of nitrogens with two attached hydrogens (primary N) is 1. The molecule has 0 aliphatic heterocycles. The second-order valence-electron chi connectivity index (χ2n) is 3.57. The first-order valence-corrected chi connectivity index (χ1v) is 4.99. The topological polar surface area (TPSA) is 76.2 Å². The fourth-order valence-electron chi connectivity index (χ4n) is 1.80. The Hall–Kier alpha value is -1.94. The zero-order valence-electron chi connectivity index (χ0n) is 8.63. The van der Waals surface area contributed by atoms with Gasteiger partial charge in [-0.3, -0.25) is 9.78 Å². The second-order valence-corrected chi connectivity index (χ2v) is 3.57. The molecule has 4 heteroatoms. The number of carboxylic acid groups (broad SMARTS) is 1. The number of carboxylic acids is 1. The van der Waals surface area contributed by atoms with Crippen LogP contribution in [0.5, 0.6) is 0 Å². The molecule has 0 fully saturated rings. The summed E-state index contributed by atoms with van der Waals surface area (Å²) in [6.07, 6.45) is 3.36. The van der Waals surface area contributed by atoms with E-state index in [9.17, 15) is 4.79 Å². The van der Waals surface area contributed by atoms with E-state index in [1.165, 1.54) is 0 Å². The van der Waals surface area contributed by atoms with Crippen LogP contribution in [0.25, 0.3) is 10.8 Å². The molecular formula is C12H12N2O2. The standard InChI is InChI=1S/C12H12N2O2/c13-6-10(12(15)16)9-3-1-2-8-4-5-14-7-11(8)9/h1-5,7,10H,6,13H2,(H,15,16). The van der Waals surface area contributed by atoms with Crippen molar-refractivity contribution in [3.05, 3.63) is 42.2 Å². The summed E-state index contributed by atoms with van der Waals surface area (Å²) in [5, 5.41) is 10.9. The summed E-state index contributed by atoms with van der Waals surface area (Å²) in [4.78, 5) is 15.1. The van der Waals surface area contributed by atoms with Gasteiger partial charge in [0, 0.05) is 24.3 Å². The highest BCUT2D eigenvalue weighted by Gasteiger charge is 2.19. The number of carbonyl (C=O) groups is 1. The van der Waals surface area contributed by atoms with Crippen LogP contribution in [0.2, 0.25) is 0 Å². The first-order chi connectivity index (χ1) is 7.74. The largest absolute Gasteiger partial charge is 0.481 e. The number of pyridine rings is 1. The lowest BCUT2D eigenvalue weighted by Crippen LogP contribution is -2.21. The van der Waals surface area contributed by atoms with Crippen LogP contribution < -0.4 is 5.73 Å². The van der Waals surface area contributed by atoms with Crippen molar-refractivity contribution in [1.82, 2.24) is 4.98 Å². The quantitative estimate of drug-likeness (QED) is 0.812. The van der Waals surface area contributed by atoms with Gasteiger partial charge in [0.1, 0.15) is 0 Å². The van der Waals surface area contributed by atoms with Gasteiger partial charge in [-0.05, 0) is 17.0 Å². The van der Waals surface area contributed by atoms with Crippen LogP contribution in [0.1, 0.15) is 11.5 Å². The van der Waals surface area contributed by atoms with E-state index in [0.717, 1.165) is 16.3 Å². The van der Waals surface area contributed by atoms with Crippen molar-refractivity contribution >= 4 is 16.7 Å². The molecule has 0 aliphatic carbocycles. The summed E-state index contributed by atoms with van der Waals surface area (Å²) in [5.74, 6) is -1.58. The van der Waals surface area contributed by atoms with Crippen LogP contribution in [0.3, 0.4) is 0 Å². The van der Waals surface area contributed by atoms with Crippen LogP contribution in [0, 0.1) is 0 Å². The maximum absolute atomic E-state index is 11.1. The zero-order chi connectivity index (χ0) is 11.5. The van der Waals surface area contributed by atoms with Gasteiger partial charge in [-0.15, -0.1) is 0 Å². The molecule has 1 aromatic heterocycles. The molecule has 1 unspecified atom stereocenters. The Morgan fingerprint density at radius 2 is 2.25 bits per heavy atom. The van der Waals surface area contributed by atoms with E-state index >= 15 is 0 Å². The van der Waals surface area contributed by atoms with Gasteiger partial charge in [0.15, 0.2) is 0 Å². The number of hydrogen-bond donors (Lipinski definition) is 2. The minimum Gasteiger partial charge on any atom is -0.481 e. The molecule has 16 heavy (non-hydrogen) atoms. The summed E-state index contributed by atoms with van der Waals surface area (Å²) < 4.78 is 0. The second kappa shape index (κ2) is 4.28. The lowest BCUT2D eigenvalue weighted by molar-refractivity contribution is -0.138. The van der Waals surface area contributed by atoms with Crippen molar-refractivity contribution in [3.8, 4) is 0 Å². The summed E-state index contributed by atoms with van der Waals surface area (Å²) in [5.41, 5.74) is 6.22. The fourth-order valence-corrected chi connectivity index (χ4v) is 1.80. The molecule has 0 aliphatic rings. The Morgan fingerprint density at radius 1 is 1.44 bits per heavy atom. The number of fused-ring (bicyclic) bond motifs is 1. The van der Waals surface area contributed by atoms with Crippen molar-refractivity contribution in [2.24, 2.45) is 5.73 Å². The molecule has 0 spiro atoms. The molecule has 1 heterocycles. The summed E-state index contributed by atoms with van der Waals surface area (Å²) in [6.45, 7) is 0.0866. The molecule has 4 nitrogen and oxygen atoms in total. The van der Waals surface area contributed by atoms with Crippen LogP contribution in [0.4, 0.5) is 0 Å². The highest BCUT2D eigenvalue weighted by molar-refractivity contribution is 5.90. The number of aromatic nitrogens is 1. The zero-order valence-corrected chi connectivity index (χ0v) is 8.63. The fraction of sp³-hybridized carbons (Fsp3) is 0.167. The minimum atomic E-state index is -0.904. The minimum absolute atomic E-state index is 0.0866. The highest BCUT2D eigenvalue weighted by Crippen LogP contribution is 2.24. The van der Waals surface area contributed by atoms with E-state index in [4.69, 9.17) is 10.8 Å². The number of hydrogen-bond acceptors (Lipinski definition) is 3. The molecule has 0 saturated heterocycles. The number of aliphatic carboxylic acids is 1. The molecule has 2 aromatic rings. The average Bonchev–Trinajstić information content (AvgIpc) is 2.30. The molecule has 2 rings (SSSR count). The number of rotatable bonds is 3. The lowest BCUT2D eigenvalue weighted by atomic mass is 9.95. The van der Waals surface area contributed by atoms with Crippen LogP contribution in [0.15, 0.2) is 36.7 Å². The number of nitrogens with zero attached hydrogens (tertiary/aromatic N) is 1. The Balaban J connectivity index is 2.63. The Morgan fingerprint density at radius 3 is 2.94 bits per heavy atom. The molecule has 0 saturated carbocycles. The van der Waals surface area contributed by atoms with Gasteiger partial charge in [0.25, 0.3) is 0 Å². The van der Waals surface area contributed by atoms with Crippen molar-refractivity contribution in [1.29, 1.82) is 0 Å². The van der Waals surface area contributed by atoms with E-state index in [0.29, 0.717) is 0 Å². The Labute approximate surface area is 92.7 Å². The molecule has 1 aromatic carbocycles. The van der Waals surface area contributed by atoms with Crippen molar-refractivity contribution in [2.75, 3.05) is 6.54 Å². The maximum Gasteiger partial charge on any atom is 0.312 e. The SMILES string of the molecule is NCC(C(=O)O)c1cccc2ccncc12. The van der Waals surface area contributed by atoms with Gasteiger partial charge in [-0.2, -0.15) is 0 Å². The highest BCUT2D eigenvalue weighted by atomic mass is 16.4. The maximum atomic E-state index is 11.1. The van der Waals surface area contributed by atoms with Gasteiger partial charge >= 0.3 is 5.97 Å². The summed E-state index contributed by atoms with van der Waals surface area (Å²) in [7, 11) is 0. The summed E-state index contributed by atoms with van der Waals surface area (Å²) >= 11 is 0. The molecule has 0 amide bonds. The third-order valence-corrected chi connectivity index (χ3v) is 2.63. The smallest absolute Gasteiger partial charge is 0.312 e. The molecule has 3 N–H and O–H groups in total. The van der Waals surface area contributed by atoms with E-state index in [1.807, 2.05) is 18.2 Å². The van der Waals surface area contributed by atoms with Gasteiger partial charge in [-0.25, -0.2) is 0 Å². The van der Waals surface area contributed by atoms with Gasteiger partial charge < -0.3 is 10.8 Å². The monoisotopic (exact) mass is 216 g/mol. The van der Waals surface area contributed by atoms with Crippen molar-refractivity contribution in [2.45, 2.75) is 5.92 Å². The normalized spacial score (nSPS) is 12.6. The Kier molecular flexibility index (Phi) is 2.83. The molecular weight excluding hydrogens is 204 g/mol. The third-order valence-electron chi connectivity index (χ3n) is 2.63. The van der Waals surface area contributed by atoms with E-state index < -0.39 is 11.9 Å². The van der Waals surface area contributed by atoms with E-state index in [-0.39, 0.29) is 6.54 Å². The average molecular weight is 216 g/mol. The van der Waals surface area contributed by atoms with Crippen LogP contribution in [-0.4, -0.2) is 22.6 Å². The van der Waals surface area contributed by atoms with Gasteiger partial charge in [-0.1, -0.05) is 18.2 Å². The summed E-state index contributed by atoms with van der Waals surface area (Å²) in [6, 6.07) is 7.41. The van der Waals surface area contributed by atoms with Gasteiger partial charge in [0.05, 0.1) is 5.92 Å². The van der Waals surface area contributed by atoms with Crippen molar-refractivity contribution < 1.29 is 9.90 Å². The van der Waals surface area contributed by atoms with E-state index in [1.54, 1.807) is 18.5 Å². The number of benzene rings is 1. The van der Waals surface area contributed by atoms with Crippen molar-refractivity contribution in [3.63, 3.8) is 0 Å². The molecule has 82 valence electrons. The first-order valence-electron chi connectivity index (χ1n) is 4.99. The van der Waals surface area contributed by atoms with Crippen LogP contribution >= 0.6 is 0 Å². The lowest BCUT2D eigenvalue weighted by Gasteiger charge is -2.12.